The van der Waals surface area contributed by atoms with Crippen molar-refractivity contribution in [1.82, 2.24) is 5.32 Å². The van der Waals surface area contributed by atoms with E-state index >= 15 is 0 Å². The monoisotopic (exact) mass is 300 g/mol. The van der Waals surface area contributed by atoms with Gasteiger partial charge in [-0.15, -0.1) is 0 Å². The zero-order valence-electron chi connectivity index (χ0n) is 11.9. The Hall–Kier alpha value is -2.02. The molecule has 21 heavy (non-hydrogen) atoms. The van der Waals surface area contributed by atoms with E-state index in [0.717, 1.165) is 24.2 Å². The summed E-state index contributed by atoms with van der Waals surface area (Å²) < 4.78 is 5.72. The Morgan fingerprint density at radius 1 is 1.14 bits per heavy atom. The Balaban J connectivity index is 1.97. The standard InChI is InChI=1S/C17H17ClN2O/c1-2-20-11-15-7-8-17(16(18)9-15)21-12-14-5-3-13(10-19)4-6-14/h3-9,20H,2,11-12H2,1H3. The lowest BCUT2D eigenvalue weighted by Crippen LogP contribution is -2.11. The molecule has 0 spiro atoms. The van der Waals surface area contributed by atoms with E-state index in [1.807, 2.05) is 30.3 Å². The van der Waals surface area contributed by atoms with Crippen LogP contribution in [0.4, 0.5) is 0 Å². The molecule has 4 heteroatoms. The molecular weight excluding hydrogens is 284 g/mol. The molecule has 0 saturated carbocycles. The van der Waals surface area contributed by atoms with Crippen molar-refractivity contribution in [2.45, 2.75) is 20.1 Å². The summed E-state index contributed by atoms with van der Waals surface area (Å²) >= 11 is 6.23. The van der Waals surface area contributed by atoms with Gasteiger partial charge in [0, 0.05) is 6.54 Å². The maximum atomic E-state index is 8.76. The number of nitrogens with one attached hydrogen (secondary N) is 1. The Morgan fingerprint density at radius 2 is 1.86 bits per heavy atom. The van der Waals surface area contributed by atoms with Crippen LogP contribution in [0.5, 0.6) is 5.75 Å². The lowest BCUT2D eigenvalue weighted by molar-refractivity contribution is 0.306. The van der Waals surface area contributed by atoms with Crippen LogP contribution in [-0.4, -0.2) is 6.54 Å². The van der Waals surface area contributed by atoms with Crippen LogP contribution < -0.4 is 10.1 Å². The van der Waals surface area contributed by atoms with Gasteiger partial charge in [0.15, 0.2) is 0 Å². The average Bonchev–Trinajstić information content (AvgIpc) is 2.52. The molecule has 0 aliphatic carbocycles. The van der Waals surface area contributed by atoms with Gasteiger partial charge < -0.3 is 10.1 Å². The maximum absolute atomic E-state index is 8.76. The van der Waals surface area contributed by atoms with E-state index in [9.17, 15) is 0 Å². The molecular formula is C17H17ClN2O. The molecule has 0 bridgehead atoms. The smallest absolute Gasteiger partial charge is 0.138 e. The molecule has 108 valence electrons. The highest BCUT2D eigenvalue weighted by atomic mass is 35.5. The molecule has 2 aromatic carbocycles. The van der Waals surface area contributed by atoms with Gasteiger partial charge >= 0.3 is 0 Å². The second-order valence-corrected chi connectivity index (χ2v) is 5.05. The minimum atomic E-state index is 0.429. The van der Waals surface area contributed by atoms with Gasteiger partial charge in [-0.1, -0.05) is 36.7 Å². The number of nitriles is 1. The van der Waals surface area contributed by atoms with Gasteiger partial charge in [-0.25, -0.2) is 0 Å². The van der Waals surface area contributed by atoms with E-state index in [4.69, 9.17) is 21.6 Å². The number of benzene rings is 2. The summed E-state index contributed by atoms with van der Waals surface area (Å²) in [6.45, 7) is 4.22. The number of rotatable bonds is 6. The largest absolute Gasteiger partial charge is 0.487 e. The first kappa shape index (κ1) is 15.4. The quantitative estimate of drug-likeness (QED) is 0.880. The van der Waals surface area contributed by atoms with Crippen molar-refractivity contribution in [1.29, 1.82) is 5.26 Å². The van der Waals surface area contributed by atoms with Crippen LogP contribution in [0.25, 0.3) is 0 Å². The fourth-order valence-electron chi connectivity index (χ4n) is 1.88. The molecule has 1 N–H and O–H groups in total. The summed E-state index contributed by atoms with van der Waals surface area (Å²) in [5, 5.41) is 12.6. The second kappa shape index (κ2) is 7.68. The molecule has 2 aromatic rings. The normalized spacial score (nSPS) is 10.1. The minimum Gasteiger partial charge on any atom is -0.487 e. The van der Waals surface area contributed by atoms with E-state index in [2.05, 4.69) is 18.3 Å². The number of nitrogens with zero attached hydrogens (tertiary/aromatic N) is 1. The highest BCUT2D eigenvalue weighted by molar-refractivity contribution is 6.32. The Bertz CT molecular complexity index is 632. The maximum Gasteiger partial charge on any atom is 0.138 e. The van der Waals surface area contributed by atoms with E-state index in [1.165, 1.54) is 0 Å². The first-order valence-corrected chi connectivity index (χ1v) is 7.21. The minimum absolute atomic E-state index is 0.429. The lowest BCUT2D eigenvalue weighted by Gasteiger charge is -2.10. The molecule has 0 aliphatic rings. The van der Waals surface area contributed by atoms with E-state index in [-0.39, 0.29) is 0 Å². The highest BCUT2D eigenvalue weighted by Gasteiger charge is 2.04. The SMILES string of the molecule is CCNCc1ccc(OCc2ccc(C#N)cc2)c(Cl)c1. The molecule has 3 nitrogen and oxygen atoms in total. The van der Waals surface area contributed by atoms with Crippen molar-refractivity contribution in [3.05, 3.63) is 64.2 Å². The van der Waals surface area contributed by atoms with E-state index in [0.29, 0.717) is 22.9 Å². The molecule has 2 rings (SSSR count). The zero-order valence-corrected chi connectivity index (χ0v) is 12.7. The van der Waals surface area contributed by atoms with Crippen LogP contribution in [-0.2, 0) is 13.2 Å². The van der Waals surface area contributed by atoms with Gasteiger partial charge in [-0.05, 0) is 41.9 Å². The van der Waals surface area contributed by atoms with Gasteiger partial charge in [-0.2, -0.15) is 5.26 Å². The number of hydrogen-bond acceptors (Lipinski definition) is 3. The van der Waals surface area contributed by atoms with Crippen LogP contribution in [0, 0.1) is 11.3 Å². The van der Waals surface area contributed by atoms with Crippen molar-refractivity contribution in [3.8, 4) is 11.8 Å². The number of ether oxygens (including phenoxy) is 1. The van der Waals surface area contributed by atoms with Crippen molar-refractivity contribution >= 4 is 11.6 Å². The predicted molar refractivity (Wildman–Crippen MR) is 84.3 cm³/mol. The first-order valence-electron chi connectivity index (χ1n) is 6.84. The third kappa shape index (κ3) is 4.49. The summed E-state index contributed by atoms with van der Waals surface area (Å²) in [6, 6.07) is 15.2. The molecule has 0 unspecified atom stereocenters. The Kier molecular flexibility index (Phi) is 5.62. The van der Waals surface area contributed by atoms with Gasteiger partial charge in [-0.3, -0.25) is 0 Å². The number of hydrogen-bond donors (Lipinski definition) is 1. The van der Waals surface area contributed by atoms with Gasteiger partial charge in [0.1, 0.15) is 12.4 Å². The van der Waals surface area contributed by atoms with Crippen molar-refractivity contribution < 1.29 is 4.74 Å². The Morgan fingerprint density at radius 3 is 2.48 bits per heavy atom. The summed E-state index contributed by atoms with van der Waals surface area (Å²) in [5.74, 6) is 0.668. The van der Waals surface area contributed by atoms with Crippen LogP contribution in [0.2, 0.25) is 5.02 Å². The van der Waals surface area contributed by atoms with E-state index in [1.54, 1.807) is 12.1 Å². The zero-order chi connectivity index (χ0) is 15.1. The van der Waals surface area contributed by atoms with Crippen molar-refractivity contribution in [2.24, 2.45) is 0 Å². The Labute approximate surface area is 130 Å². The summed E-state index contributed by atoms with van der Waals surface area (Å²) in [7, 11) is 0. The third-order valence-corrected chi connectivity index (χ3v) is 3.35. The summed E-state index contributed by atoms with van der Waals surface area (Å²) in [4.78, 5) is 0. The van der Waals surface area contributed by atoms with Gasteiger partial charge in [0.2, 0.25) is 0 Å². The van der Waals surface area contributed by atoms with Gasteiger partial charge in [0.05, 0.1) is 16.7 Å². The number of halogens is 1. The summed E-state index contributed by atoms with van der Waals surface area (Å²) in [5.41, 5.74) is 2.78. The predicted octanol–water partition coefficient (Wildman–Crippen LogP) is 3.90. The molecule has 0 atom stereocenters. The van der Waals surface area contributed by atoms with Crippen molar-refractivity contribution in [3.63, 3.8) is 0 Å². The fourth-order valence-corrected chi connectivity index (χ4v) is 2.13. The molecule has 0 aromatic heterocycles. The highest BCUT2D eigenvalue weighted by Crippen LogP contribution is 2.26. The molecule has 0 saturated heterocycles. The fraction of sp³-hybridized carbons (Fsp3) is 0.235. The topological polar surface area (TPSA) is 45.0 Å². The van der Waals surface area contributed by atoms with Crippen LogP contribution >= 0.6 is 11.6 Å². The molecule has 0 fully saturated rings. The average molecular weight is 301 g/mol. The summed E-state index contributed by atoms with van der Waals surface area (Å²) in [6.07, 6.45) is 0. The molecule has 0 aliphatic heterocycles. The molecule has 0 heterocycles. The lowest BCUT2D eigenvalue weighted by atomic mass is 10.1. The van der Waals surface area contributed by atoms with Crippen LogP contribution in [0.3, 0.4) is 0 Å². The molecule has 0 radical (unpaired) electrons. The molecule has 0 amide bonds. The van der Waals surface area contributed by atoms with Crippen molar-refractivity contribution in [2.75, 3.05) is 6.54 Å². The first-order chi connectivity index (χ1) is 10.2. The van der Waals surface area contributed by atoms with E-state index < -0.39 is 0 Å². The van der Waals surface area contributed by atoms with Crippen LogP contribution in [0.1, 0.15) is 23.6 Å². The third-order valence-electron chi connectivity index (χ3n) is 3.05. The second-order valence-electron chi connectivity index (χ2n) is 4.64. The van der Waals surface area contributed by atoms with Gasteiger partial charge in [0.25, 0.3) is 0 Å². The van der Waals surface area contributed by atoms with Crippen LogP contribution in [0.15, 0.2) is 42.5 Å².